The van der Waals surface area contributed by atoms with Gasteiger partial charge in [0.05, 0.1) is 6.61 Å². The smallest absolute Gasteiger partial charge is 0.306 e. The zero-order valence-corrected chi connectivity index (χ0v) is 45.5. The maximum atomic E-state index is 12.8. The van der Waals surface area contributed by atoms with Crippen molar-refractivity contribution < 1.29 is 23.8 Å². The summed E-state index contributed by atoms with van der Waals surface area (Å²) in [7, 11) is 0. The van der Waals surface area contributed by atoms with E-state index in [2.05, 4.69) is 142 Å². The molecule has 5 nitrogen and oxygen atoms in total. The van der Waals surface area contributed by atoms with E-state index in [1.165, 1.54) is 116 Å². The Kier molecular flexibility index (Phi) is 56.0. The lowest BCUT2D eigenvalue weighted by molar-refractivity contribution is -0.162. The van der Waals surface area contributed by atoms with Crippen LogP contribution in [-0.4, -0.2) is 37.9 Å². The van der Waals surface area contributed by atoms with Gasteiger partial charge >= 0.3 is 11.9 Å². The molecule has 70 heavy (non-hydrogen) atoms. The van der Waals surface area contributed by atoms with Gasteiger partial charge in [-0.1, -0.05) is 264 Å². The van der Waals surface area contributed by atoms with E-state index in [1.54, 1.807) is 0 Å². The van der Waals surface area contributed by atoms with E-state index in [9.17, 15) is 9.59 Å². The van der Waals surface area contributed by atoms with Gasteiger partial charge in [0, 0.05) is 19.4 Å². The molecule has 0 aliphatic carbocycles. The number of carbonyl (C=O) groups excluding carboxylic acids is 2. The van der Waals surface area contributed by atoms with E-state index in [0.29, 0.717) is 19.4 Å². The Balaban J connectivity index is 4.52. The minimum atomic E-state index is -0.615. The monoisotopic (exact) mass is 967 g/mol. The fourth-order valence-corrected chi connectivity index (χ4v) is 7.46. The summed E-state index contributed by atoms with van der Waals surface area (Å²) in [4.78, 5) is 25.5. The van der Waals surface area contributed by atoms with Crippen LogP contribution in [0.3, 0.4) is 0 Å². The molecule has 0 saturated heterocycles. The van der Waals surface area contributed by atoms with E-state index >= 15 is 0 Å². The van der Waals surface area contributed by atoms with Crippen LogP contribution in [0.1, 0.15) is 239 Å². The number of hydrogen-bond donors (Lipinski definition) is 0. The van der Waals surface area contributed by atoms with Gasteiger partial charge in [0.2, 0.25) is 0 Å². The van der Waals surface area contributed by atoms with E-state index < -0.39 is 6.10 Å². The lowest BCUT2D eigenvalue weighted by atomic mass is 10.0. The van der Waals surface area contributed by atoms with Crippen molar-refractivity contribution in [1.82, 2.24) is 0 Å². The first kappa shape index (κ1) is 66.0. The summed E-state index contributed by atoms with van der Waals surface area (Å²) in [5.41, 5.74) is 0. The number of rotatable bonds is 51. The van der Waals surface area contributed by atoms with E-state index in [4.69, 9.17) is 14.2 Å². The van der Waals surface area contributed by atoms with E-state index in [0.717, 1.165) is 77.0 Å². The van der Waals surface area contributed by atoms with Crippen LogP contribution in [0.15, 0.2) is 134 Å². The van der Waals surface area contributed by atoms with Crippen LogP contribution in [0.5, 0.6) is 0 Å². The molecule has 0 amide bonds. The third-order valence-electron chi connectivity index (χ3n) is 11.7. The van der Waals surface area contributed by atoms with Crippen molar-refractivity contribution in [1.29, 1.82) is 0 Å². The Bertz CT molecular complexity index is 1470. The number of hydrogen-bond acceptors (Lipinski definition) is 5. The summed E-state index contributed by atoms with van der Waals surface area (Å²) in [6, 6.07) is 0. The minimum absolute atomic E-state index is 0.00911. The van der Waals surface area contributed by atoms with Crippen molar-refractivity contribution in [2.24, 2.45) is 0 Å². The van der Waals surface area contributed by atoms with Crippen LogP contribution in [0.2, 0.25) is 0 Å². The van der Waals surface area contributed by atoms with Gasteiger partial charge in [-0.2, -0.15) is 0 Å². The van der Waals surface area contributed by atoms with Crippen LogP contribution < -0.4 is 0 Å². The Morgan fingerprint density at radius 3 is 1.03 bits per heavy atom. The zero-order chi connectivity index (χ0) is 50.6. The van der Waals surface area contributed by atoms with Crippen molar-refractivity contribution in [2.45, 2.75) is 245 Å². The molecule has 0 saturated carbocycles. The minimum Gasteiger partial charge on any atom is -0.462 e. The van der Waals surface area contributed by atoms with Gasteiger partial charge in [-0.15, -0.1) is 0 Å². The first-order valence-electron chi connectivity index (χ1n) is 28.7. The lowest BCUT2D eigenvalue weighted by Gasteiger charge is -2.18. The molecule has 0 aromatic carbocycles. The largest absolute Gasteiger partial charge is 0.462 e. The molecule has 0 aromatic heterocycles. The Hall–Kier alpha value is -3.96. The third kappa shape index (κ3) is 56.6. The van der Waals surface area contributed by atoms with Crippen LogP contribution in [0.25, 0.3) is 0 Å². The number of unbranched alkanes of at least 4 members (excludes halogenated alkanes) is 18. The average Bonchev–Trinajstić information content (AvgIpc) is 3.36. The van der Waals surface area contributed by atoms with Crippen molar-refractivity contribution in [2.75, 3.05) is 19.8 Å². The Morgan fingerprint density at radius 2 is 0.643 bits per heavy atom. The Morgan fingerprint density at radius 1 is 0.329 bits per heavy atom. The highest BCUT2D eigenvalue weighted by Crippen LogP contribution is 2.14. The fraction of sp³-hybridized carbons (Fsp3) is 0.631. The topological polar surface area (TPSA) is 61.8 Å². The summed E-state index contributed by atoms with van der Waals surface area (Å²) in [5, 5.41) is 0. The molecule has 396 valence electrons. The highest BCUT2D eigenvalue weighted by atomic mass is 16.6. The molecular formula is C65H106O5. The molecule has 5 heteroatoms. The molecule has 0 rings (SSSR count). The van der Waals surface area contributed by atoms with Crippen molar-refractivity contribution in [3.63, 3.8) is 0 Å². The van der Waals surface area contributed by atoms with Crippen molar-refractivity contribution in [3.8, 4) is 0 Å². The van der Waals surface area contributed by atoms with Gasteiger partial charge in [0.15, 0.2) is 6.10 Å². The Labute approximate surface area is 432 Å². The summed E-state index contributed by atoms with van der Waals surface area (Å²) in [6.45, 7) is 7.53. The average molecular weight is 968 g/mol. The van der Waals surface area contributed by atoms with Crippen molar-refractivity contribution in [3.05, 3.63) is 134 Å². The first-order chi connectivity index (χ1) is 34.6. The predicted molar refractivity (Wildman–Crippen MR) is 306 cm³/mol. The van der Waals surface area contributed by atoms with Gasteiger partial charge in [-0.3, -0.25) is 9.59 Å². The highest BCUT2D eigenvalue weighted by Gasteiger charge is 2.17. The molecule has 0 aliphatic heterocycles. The predicted octanol–water partition coefficient (Wildman–Crippen LogP) is 19.9. The first-order valence-corrected chi connectivity index (χ1v) is 28.7. The molecule has 0 N–H and O–H groups in total. The summed E-state index contributed by atoms with van der Waals surface area (Å²) in [5.74, 6) is -0.592. The molecule has 0 unspecified atom stereocenters. The van der Waals surface area contributed by atoms with E-state index in [1.807, 2.05) is 12.2 Å². The van der Waals surface area contributed by atoms with Crippen LogP contribution in [-0.2, 0) is 23.8 Å². The van der Waals surface area contributed by atoms with Crippen molar-refractivity contribution >= 4 is 11.9 Å². The molecule has 0 aromatic rings. The maximum Gasteiger partial charge on any atom is 0.306 e. The summed E-state index contributed by atoms with van der Waals surface area (Å²) < 4.78 is 17.3. The number of allylic oxidation sites excluding steroid dienone is 22. The third-order valence-corrected chi connectivity index (χ3v) is 11.7. The second-order valence-electron chi connectivity index (χ2n) is 18.5. The van der Waals surface area contributed by atoms with Gasteiger partial charge in [0.25, 0.3) is 0 Å². The number of ether oxygens (including phenoxy) is 3. The van der Waals surface area contributed by atoms with E-state index in [-0.39, 0.29) is 38.0 Å². The summed E-state index contributed by atoms with van der Waals surface area (Å²) >= 11 is 0. The molecule has 0 fully saturated rings. The van der Waals surface area contributed by atoms with Gasteiger partial charge in [-0.25, -0.2) is 0 Å². The molecular weight excluding hydrogens is 861 g/mol. The van der Waals surface area contributed by atoms with Crippen LogP contribution in [0.4, 0.5) is 0 Å². The van der Waals surface area contributed by atoms with Gasteiger partial charge in [-0.05, 0) is 96.3 Å². The lowest BCUT2D eigenvalue weighted by Crippen LogP contribution is -2.30. The summed E-state index contributed by atoms with van der Waals surface area (Å²) in [6.07, 6.45) is 84.9. The molecule has 0 radical (unpaired) electrons. The second kappa shape index (κ2) is 59.3. The standard InChI is InChI=1S/C65H106O5/c1-4-7-10-13-16-19-22-25-28-31-33-35-37-40-43-46-49-52-55-58-64(66)69-62-63(61-68-60-57-54-51-48-45-42-39-30-27-24-21-18-15-12-9-6-3)70-65(67)59-56-53-50-47-44-41-38-36-34-32-29-26-23-20-17-14-11-8-5-2/h7,10,16-17,19-20,25-26,28-29,33-36,40-41,43-44,49-50,52-53,63H,4-6,8-9,11-15,18,21-24,27,30-32,37-39,42,45-48,51,54-62H2,1-3H3/b10-7-,19-16-,20-17-,28-25-,29-26-,35-33-,36-34-,43-40-,44-41-,52-49-,53-50-/t63-/m1/s1. The van der Waals surface area contributed by atoms with Gasteiger partial charge < -0.3 is 14.2 Å². The molecule has 0 heterocycles. The quantitative estimate of drug-likeness (QED) is 0.0345. The molecule has 0 spiro atoms. The zero-order valence-electron chi connectivity index (χ0n) is 45.5. The molecule has 0 aliphatic rings. The SMILES string of the molecule is CC/C=C\C/C=C\C/C=C\C/C=C\C/C=C\C/C=C\CCC(=O)OC[C@@H](COCCCCCCCCCCCCCCCCCC)OC(=O)CC/C=C\C/C=C\C/C=C\C/C=C\C/C=C\CCCCC. The molecule has 0 bridgehead atoms. The van der Waals surface area contributed by atoms with Gasteiger partial charge in [0.1, 0.15) is 6.61 Å². The molecule has 1 atom stereocenters. The number of carbonyl (C=O) groups is 2. The van der Waals surface area contributed by atoms with Crippen LogP contribution >= 0.6 is 0 Å². The highest BCUT2D eigenvalue weighted by molar-refractivity contribution is 5.70. The number of esters is 2. The fourth-order valence-electron chi connectivity index (χ4n) is 7.46. The van der Waals surface area contributed by atoms with Crippen LogP contribution in [0, 0.1) is 0 Å². The normalized spacial score (nSPS) is 13.2. The second-order valence-corrected chi connectivity index (χ2v) is 18.5. The maximum absolute atomic E-state index is 12.8.